The molecular formula is C13H14N2O. The molecule has 0 atom stereocenters. The van der Waals surface area contributed by atoms with Gasteiger partial charge in [-0.05, 0) is 30.2 Å². The van der Waals surface area contributed by atoms with E-state index in [4.69, 9.17) is 5.73 Å². The van der Waals surface area contributed by atoms with Crippen LogP contribution in [-0.2, 0) is 6.42 Å². The Bertz CT molecular complexity index is 501. The lowest BCUT2D eigenvalue weighted by Crippen LogP contribution is -2.15. The van der Waals surface area contributed by atoms with Crippen molar-refractivity contribution in [3.63, 3.8) is 0 Å². The minimum absolute atomic E-state index is 0.390. The Hall–Kier alpha value is -2.03. The largest absolute Gasteiger partial charge is 0.366 e. The molecule has 1 heterocycles. The van der Waals surface area contributed by atoms with Crippen LogP contribution >= 0.6 is 0 Å². The molecule has 2 aromatic rings. The number of aromatic nitrogens is 1. The fourth-order valence-corrected chi connectivity index (χ4v) is 1.86. The van der Waals surface area contributed by atoms with E-state index in [2.05, 4.69) is 6.92 Å². The summed E-state index contributed by atoms with van der Waals surface area (Å²) in [6.45, 7) is 2.06. The summed E-state index contributed by atoms with van der Waals surface area (Å²) in [7, 11) is 0. The molecule has 0 aliphatic heterocycles. The van der Waals surface area contributed by atoms with E-state index in [0.717, 1.165) is 17.7 Å². The van der Waals surface area contributed by atoms with Gasteiger partial charge in [0.25, 0.3) is 5.91 Å². The fraction of sp³-hybridized carbons (Fsp3) is 0.154. The number of benzene rings is 1. The van der Waals surface area contributed by atoms with Gasteiger partial charge in [-0.1, -0.05) is 19.1 Å². The van der Waals surface area contributed by atoms with Crippen LogP contribution in [0.2, 0.25) is 0 Å². The Labute approximate surface area is 94.5 Å². The number of carbonyl (C=O) groups excluding carboxylic acids is 1. The van der Waals surface area contributed by atoms with E-state index in [0.29, 0.717) is 5.56 Å². The second-order valence-corrected chi connectivity index (χ2v) is 3.62. The minimum Gasteiger partial charge on any atom is -0.366 e. The second kappa shape index (κ2) is 4.23. The van der Waals surface area contributed by atoms with Crippen molar-refractivity contribution in [3.8, 4) is 5.69 Å². The van der Waals surface area contributed by atoms with E-state index in [1.807, 2.05) is 41.2 Å². The highest BCUT2D eigenvalue weighted by molar-refractivity contribution is 5.97. The smallest absolute Gasteiger partial charge is 0.250 e. The van der Waals surface area contributed by atoms with Gasteiger partial charge in [0, 0.05) is 12.4 Å². The molecule has 0 aliphatic carbocycles. The van der Waals surface area contributed by atoms with Crippen LogP contribution in [-0.4, -0.2) is 10.5 Å². The van der Waals surface area contributed by atoms with Crippen molar-refractivity contribution in [2.45, 2.75) is 13.3 Å². The number of nitrogens with two attached hydrogens (primary N) is 1. The second-order valence-electron chi connectivity index (χ2n) is 3.62. The van der Waals surface area contributed by atoms with Gasteiger partial charge in [0.2, 0.25) is 0 Å². The molecule has 3 heteroatoms. The molecule has 1 aromatic carbocycles. The third kappa shape index (κ3) is 1.72. The van der Waals surface area contributed by atoms with Crippen LogP contribution in [0.3, 0.4) is 0 Å². The topological polar surface area (TPSA) is 48.0 Å². The minimum atomic E-state index is -0.390. The van der Waals surface area contributed by atoms with Gasteiger partial charge in [0.05, 0.1) is 11.3 Å². The molecule has 1 amide bonds. The van der Waals surface area contributed by atoms with Crippen LogP contribution in [0.4, 0.5) is 0 Å². The van der Waals surface area contributed by atoms with Gasteiger partial charge in [0.1, 0.15) is 0 Å². The summed E-state index contributed by atoms with van der Waals surface area (Å²) < 4.78 is 1.93. The summed E-state index contributed by atoms with van der Waals surface area (Å²) in [6.07, 6.45) is 4.70. The van der Waals surface area contributed by atoms with E-state index in [-0.39, 0.29) is 5.91 Å². The molecule has 16 heavy (non-hydrogen) atoms. The lowest BCUT2D eigenvalue weighted by molar-refractivity contribution is 0.1000. The van der Waals surface area contributed by atoms with E-state index in [1.165, 1.54) is 0 Å². The summed E-state index contributed by atoms with van der Waals surface area (Å²) in [5, 5.41) is 0. The molecule has 2 N–H and O–H groups in total. The quantitative estimate of drug-likeness (QED) is 0.836. The zero-order valence-electron chi connectivity index (χ0n) is 9.18. The Morgan fingerprint density at radius 1 is 1.25 bits per heavy atom. The molecule has 0 bridgehead atoms. The summed E-state index contributed by atoms with van der Waals surface area (Å²) in [4.78, 5) is 11.4. The van der Waals surface area contributed by atoms with Gasteiger partial charge in [-0.2, -0.15) is 0 Å². The standard InChI is InChI=1S/C13H14N2O/c1-2-10-6-5-7-11(13(14)16)12(10)15-8-3-4-9-15/h3-9H,2H2,1H3,(H2,14,16). The molecule has 3 nitrogen and oxygen atoms in total. The molecule has 0 radical (unpaired) electrons. The summed E-state index contributed by atoms with van der Waals surface area (Å²) in [6, 6.07) is 9.50. The molecule has 0 fully saturated rings. The van der Waals surface area contributed by atoms with E-state index < -0.39 is 0 Å². The van der Waals surface area contributed by atoms with Crippen molar-refractivity contribution in [1.29, 1.82) is 0 Å². The monoisotopic (exact) mass is 214 g/mol. The highest BCUT2D eigenvalue weighted by atomic mass is 16.1. The van der Waals surface area contributed by atoms with Gasteiger partial charge in [-0.3, -0.25) is 4.79 Å². The maximum absolute atomic E-state index is 11.4. The molecule has 0 saturated carbocycles. The number of primary amides is 1. The number of carbonyl (C=O) groups is 1. The zero-order chi connectivity index (χ0) is 11.5. The fourth-order valence-electron chi connectivity index (χ4n) is 1.86. The number of aryl methyl sites for hydroxylation is 1. The third-order valence-corrected chi connectivity index (χ3v) is 2.63. The van der Waals surface area contributed by atoms with Crippen molar-refractivity contribution in [3.05, 3.63) is 53.9 Å². The molecule has 0 aliphatic rings. The zero-order valence-corrected chi connectivity index (χ0v) is 9.18. The first-order chi connectivity index (χ1) is 7.74. The van der Waals surface area contributed by atoms with Crippen LogP contribution in [0.25, 0.3) is 5.69 Å². The summed E-state index contributed by atoms with van der Waals surface area (Å²) in [5.74, 6) is -0.390. The Morgan fingerprint density at radius 3 is 2.50 bits per heavy atom. The average Bonchev–Trinajstić information content (AvgIpc) is 2.81. The normalized spacial score (nSPS) is 10.3. The van der Waals surface area contributed by atoms with Crippen molar-refractivity contribution >= 4 is 5.91 Å². The van der Waals surface area contributed by atoms with E-state index in [9.17, 15) is 4.79 Å². The molecule has 0 unspecified atom stereocenters. The van der Waals surface area contributed by atoms with E-state index in [1.54, 1.807) is 6.07 Å². The van der Waals surface area contributed by atoms with Crippen LogP contribution in [0, 0.1) is 0 Å². The number of hydrogen-bond donors (Lipinski definition) is 1. The summed E-state index contributed by atoms with van der Waals surface area (Å²) >= 11 is 0. The Kier molecular flexibility index (Phi) is 2.77. The number of para-hydroxylation sites is 1. The van der Waals surface area contributed by atoms with Crippen LogP contribution in [0.1, 0.15) is 22.8 Å². The first-order valence-corrected chi connectivity index (χ1v) is 5.29. The first-order valence-electron chi connectivity index (χ1n) is 5.29. The highest BCUT2D eigenvalue weighted by Crippen LogP contribution is 2.20. The molecule has 0 spiro atoms. The van der Waals surface area contributed by atoms with Crippen molar-refractivity contribution < 1.29 is 4.79 Å². The summed E-state index contributed by atoms with van der Waals surface area (Å²) in [5.41, 5.74) is 7.97. The maximum Gasteiger partial charge on any atom is 0.250 e. The molecule has 1 aromatic heterocycles. The predicted molar refractivity (Wildman–Crippen MR) is 63.7 cm³/mol. The van der Waals surface area contributed by atoms with Crippen LogP contribution in [0.5, 0.6) is 0 Å². The van der Waals surface area contributed by atoms with Gasteiger partial charge < -0.3 is 10.3 Å². The molecule has 0 saturated heterocycles. The van der Waals surface area contributed by atoms with Crippen molar-refractivity contribution in [2.75, 3.05) is 0 Å². The molecule has 82 valence electrons. The first kappa shape index (κ1) is 10.5. The highest BCUT2D eigenvalue weighted by Gasteiger charge is 2.12. The van der Waals surface area contributed by atoms with Gasteiger partial charge in [-0.15, -0.1) is 0 Å². The SMILES string of the molecule is CCc1cccc(C(N)=O)c1-n1cccc1. The lowest BCUT2D eigenvalue weighted by atomic mass is 10.0. The molecule has 2 rings (SSSR count). The van der Waals surface area contributed by atoms with Crippen molar-refractivity contribution in [2.24, 2.45) is 5.73 Å². The number of rotatable bonds is 3. The number of hydrogen-bond acceptors (Lipinski definition) is 1. The van der Waals surface area contributed by atoms with E-state index >= 15 is 0 Å². The predicted octanol–water partition coefficient (Wildman–Crippen LogP) is 2.14. The van der Waals surface area contributed by atoms with Crippen molar-refractivity contribution in [1.82, 2.24) is 4.57 Å². The lowest BCUT2D eigenvalue weighted by Gasteiger charge is -2.12. The maximum atomic E-state index is 11.4. The van der Waals surface area contributed by atoms with Gasteiger partial charge in [-0.25, -0.2) is 0 Å². The Balaban J connectivity index is 2.68. The van der Waals surface area contributed by atoms with Gasteiger partial charge in [0.15, 0.2) is 0 Å². The average molecular weight is 214 g/mol. The van der Waals surface area contributed by atoms with Crippen LogP contribution in [0.15, 0.2) is 42.7 Å². The number of amides is 1. The number of nitrogens with zero attached hydrogens (tertiary/aromatic N) is 1. The molecular weight excluding hydrogens is 200 g/mol. The third-order valence-electron chi connectivity index (χ3n) is 2.63. The Morgan fingerprint density at radius 2 is 1.94 bits per heavy atom. The van der Waals surface area contributed by atoms with Gasteiger partial charge >= 0.3 is 0 Å². The van der Waals surface area contributed by atoms with Crippen LogP contribution < -0.4 is 5.73 Å².